The Morgan fingerprint density at radius 3 is 2.48 bits per heavy atom. The van der Waals surface area contributed by atoms with E-state index < -0.39 is 0 Å². The van der Waals surface area contributed by atoms with Crippen molar-refractivity contribution in [3.05, 3.63) is 58.2 Å². The van der Waals surface area contributed by atoms with Gasteiger partial charge in [0.05, 0.1) is 0 Å². The Morgan fingerprint density at radius 2 is 1.76 bits per heavy atom. The molecule has 128 valence electrons. The zero-order valence-electron chi connectivity index (χ0n) is 14.4. The molecule has 4 rings (SSSR count). The summed E-state index contributed by atoms with van der Waals surface area (Å²) in [6.45, 7) is 2.70. The Morgan fingerprint density at radius 1 is 1.00 bits per heavy atom. The van der Waals surface area contributed by atoms with E-state index in [4.69, 9.17) is 0 Å². The summed E-state index contributed by atoms with van der Waals surface area (Å²) in [5, 5.41) is 0. The molecule has 5 heteroatoms. The van der Waals surface area contributed by atoms with Gasteiger partial charge in [-0.3, -0.25) is 9.59 Å². The predicted octanol–water partition coefficient (Wildman–Crippen LogP) is 2.59. The van der Waals surface area contributed by atoms with Crippen LogP contribution in [-0.4, -0.2) is 47.2 Å². The molecule has 1 fully saturated rings. The Balaban J connectivity index is 1.98. The predicted molar refractivity (Wildman–Crippen MR) is 95.9 cm³/mol. The number of hydrogen-bond donors (Lipinski definition) is 0. The normalized spacial score (nSPS) is 17.6. The van der Waals surface area contributed by atoms with E-state index in [2.05, 4.69) is 35.1 Å². The maximum atomic E-state index is 11.6. The first-order valence-electron chi connectivity index (χ1n) is 8.73. The van der Waals surface area contributed by atoms with Crippen molar-refractivity contribution in [3.63, 3.8) is 0 Å². The zero-order valence-corrected chi connectivity index (χ0v) is 14.4. The second kappa shape index (κ2) is 6.41. The van der Waals surface area contributed by atoms with Gasteiger partial charge in [0.25, 0.3) is 0 Å². The van der Waals surface area contributed by atoms with Crippen LogP contribution in [-0.2, 0) is 13.0 Å². The molecule has 3 heterocycles. The van der Waals surface area contributed by atoms with Gasteiger partial charge in [-0.15, -0.1) is 0 Å². The van der Waals surface area contributed by atoms with E-state index in [1.807, 2.05) is 10.6 Å². The largest absolute Gasteiger partial charge is 0.321 e. The minimum Gasteiger partial charge on any atom is -0.321 e. The van der Waals surface area contributed by atoms with Crippen molar-refractivity contribution in [2.75, 3.05) is 20.1 Å². The average molecular weight is 335 g/mol. The molecule has 0 radical (unpaired) electrons. The maximum absolute atomic E-state index is 11.6. The fourth-order valence-electron chi connectivity index (χ4n) is 3.93. The highest BCUT2D eigenvalue weighted by molar-refractivity contribution is 5.90. The number of likely N-dealkylation sites (tertiary alicyclic amines) is 1. The SMILES string of the molecule is CN1CCC(=C2c3ccccc3CCn3c2nc(C=O)c3C=O)CC1. The van der Waals surface area contributed by atoms with Gasteiger partial charge in [-0.25, -0.2) is 4.98 Å². The van der Waals surface area contributed by atoms with E-state index in [-0.39, 0.29) is 5.69 Å². The molecule has 1 saturated heterocycles. The summed E-state index contributed by atoms with van der Waals surface area (Å²) >= 11 is 0. The van der Waals surface area contributed by atoms with Gasteiger partial charge in [0.1, 0.15) is 17.2 Å². The van der Waals surface area contributed by atoms with Gasteiger partial charge in [0.15, 0.2) is 12.6 Å². The number of carbonyl (C=O) groups is 2. The van der Waals surface area contributed by atoms with Crippen molar-refractivity contribution >= 4 is 18.1 Å². The Hall–Kier alpha value is -2.53. The molecule has 0 spiro atoms. The van der Waals surface area contributed by atoms with Gasteiger partial charge in [0.2, 0.25) is 0 Å². The smallest absolute Gasteiger partial charge is 0.170 e. The lowest BCUT2D eigenvalue weighted by Gasteiger charge is -2.26. The molecule has 0 aliphatic carbocycles. The molecular weight excluding hydrogens is 314 g/mol. The molecule has 0 atom stereocenters. The van der Waals surface area contributed by atoms with Crippen LogP contribution in [0, 0.1) is 0 Å². The van der Waals surface area contributed by atoms with Gasteiger partial charge in [-0.2, -0.15) is 0 Å². The molecule has 5 nitrogen and oxygen atoms in total. The van der Waals surface area contributed by atoms with Crippen molar-refractivity contribution < 1.29 is 9.59 Å². The number of benzene rings is 1. The molecule has 1 aromatic carbocycles. The van der Waals surface area contributed by atoms with Crippen LogP contribution in [0.4, 0.5) is 0 Å². The first-order chi connectivity index (χ1) is 12.2. The second-order valence-corrected chi connectivity index (χ2v) is 6.78. The maximum Gasteiger partial charge on any atom is 0.170 e. The van der Waals surface area contributed by atoms with Crippen LogP contribution in [0.15, 0.2) is 29.8 Å². The molecule has 0 N–H and O–H groups in total. The number of aldehydes is 2. The number of carbonyl (C=O) groups excluding carboxylic acids is 2. The van der Waals surface area contributed by atoms with E-state index in [1.165, 1.54) is 16.7 Å². The second-order valence-electron chi connectivity index (χ2n) is 6.78. The van der Waals surface area contributed by atoms with E-state index in [0.717, 1.165) is 50.0 Å². The lowest BCUT2D eigenvalue weighted by Crippen LogP contribution is -2.27. The molecule has 1 aromatic heterocycles. The van der Waals surface area contributed by atoms with Crippen LogP contribution in [0.25, 0.3) is 5.57 Å². The summed E-state index contributed by atoms with van der Waals surface area (Å²) in [4.78, 5) is 29.9. The number of piperidine rings is 1. The lowest BCUT2D eigenvalue weighted by atomic mass is 9.90. The van der Waals surface area contributed by atoms with Gasteiger partial charge in [-0.05, 0) is 37.4 Å². The molecular formula is C20H21N3O2. The lowest BCUT2D eigenvalue weighted by molar-refractivity contribution is 0.108. The van der Waals surface area contributed by atoms with Gasteiger partial charge in [-0.1, -0.05) is 29.8 Å². The minimum atomic E-state index is 0.246. The van der Waals surface area contributed by atoms with Gasteiger partial charge < -0.3 is 9.47 Å². The Kier molecular flexibility index (Phi) is 4.09. The molecule has 2 aromatic rings. The average Bonchev–Trinajstić information content (AvgIpc) is 2.91. The number of imidazole rings is 1. The fraction of sp³-hybridized carbons (Fsp3) is 0.350. The standard InChI is InChI=1S/C20H21N3O2/c1-22-9-6-15(7-10-22)19-16-5-3-2-4-14(16)8-11-23-18(13-25)17(12-24)21-20(19)23/h2-5,12-13H,6-11H2,1H3. The molecule has 2 aliphatic heterocycles. The highest BCUT2D eigenvalue weighted by Crippen LogP contribution is 2.36. The molecule has 25 heavy (non-hydrogen) atoms. The number of aryl methyl sites for hydroxylation is 1. The number of hydrogen-bond acceptors (Lipinski definition) is 4. The summed E-state index contributed by atoms with van der Waals surface area (Å²) < 4.78 is 1.93. The molecule has 0 amide bonds. The van der Waals surface area contributed by atoms with Crippen molar-refractivity contribution in [1.29, 1.82) is 0 Å². The van der Waals surface area contributed by atoms with Crippen molar-refractivity contribution in [3.8, 4) is 0 Å². The van der Waals surface area contributed by atoms with E-state index in [1.54, 1.807) is 0 Å². The first-order valence-corrected chi connectivity index (χ1v) is 8.73. The van der Waals surface area contributed by atoms with Crippen LogP contribution >= 0.6 is 0 Å². The van der Waals surface area contributed by atoms with E-state index >= 15 is 0 Å². The molecule has 0 bridgehead atoms. The number of nitrogens with zero attached hydrogens (tertiary/aromatic N) is 3. The van der Waals surface area contributed by atoms with Gasteiger partial charge in [0, 0.05) is 25.2 Å². The van der Waals surface area contributed by atoms with E-state index in [0.29, 0.717) is 18.5 Å². The fourth-order valence-corrected chi connectivity index (χ4v) is 3.93. The van der Waals surface area contributed by atoms with Gasteiger partial charge >= 0.3 is 0 Å². The Bertz CT molecular complexity index is 869. The highest BCUT2D eigenvalue weighted by atomic mass is 16.1. The van der Waals surface area contributed by atoms with Crippen LogP contribution in [0.2, 0.25) is 0 Å². The topological polar surface area (TPSA) is 55.2 Å². The number of fused-ring (bicyclic) bond motifs is 2. The zero-order chi connectivity index (χ0) is 17.4. The van der Waals surface area contributed by atoms with E-state index in [9.17, 15) is 9.59 Å². The van der Waals surface area contributed by atoms with Crippen molar-refractivity contribution in [2.45, 2.75) is 25.8 Å². The summed E-state index contributed by atoms with van der Waals surface area (Å²) in [6.07, 6.45) is 4.25. The molecule has 0 saturated carbocycles. The third-order valence-corrected chi connectivity index (χ3v) is 5.32. The number of aromatic nitrogens is 2. The third-order valence-electron chi connectivity index (χ3n) is 5.32. The van der Waals surface area contributed by atoms with Crippen LogP contribution in [0.3, 0.4) is 0 Å². The summed E-state index contributed by atoms with van der Waals surface area (Å²) in [5.41, 5.74) is 5.60. The number of rotatable bonds is 2. The van der Waals surface area contributed by atoms with Crippen LogP contribution in [0.5, 0.6) is 0 Å². The van der Waals surface area contributed by atoms with Crippen molar-refractivity contribution in [1.82, 2.24) is 14.5 Å². The summed E-state index contributed by atoms with van der Waals surface area (Å²) in [5.74, 6) is 0.772. The minimum absolute atomic E-state index is 0.246. The molecule has 0 unspecified atom stereocenters. The highest BCUT2D eigenvalue weighted by Gasteiger charge is 2.27. The van der Waals surface area contributed by atoms with Crippen LogP contribution in [0.1, 0.15) is 50.8 Å². The van der Waals surface area contributed by atoms with Crippen molar-refractivity contribution in [2.24, 2.45) is 0 Å². The molecule has 2 aliphatic rings. The Labute approximate surface area is 147 Å². The monoisotopic (exact) mass is 335 g/mol. The first kappa shape index (κ1) is 16.0. The summed E-state index contributed by atoms with van der Waals surface area (Å²) in [7, 11) is 2.14. The quantitative estimate of drug-likeness (QED) is 0.792. The third kappa shape index (κ3) is 2.65. The summed E-state index contributed by atoms with van der Waals surface area (Å²) in [6, 6.07) is 8.40. The van der Waals surface area contributed by atoms with Crippen LogP contribution < -0.4 is 0 Å².